The van der Waals surface area contributed by atoms with Gasteiger partial charge in [0.2, 0.25) is 0 Å². The van der Waals surface area contributed by atoms with Crippen LogP contribution in [0.25, 0.3) is 0 Å². The highest BCUT2D eigenvalue weighted by molar-refractivity contribution is 5.99. The summed E-state index contributed by atoms with van der Waals surface area (Å²) in [5.41, 5.74) is 1.40. The van der Waals surface area contributed by atoms with E-state index < -0.39 is 0 Å². The molecule has 1 aliphatic heterocycles. The normalized spacial score (nSPS) is 15.2. The minimum atomic E-state index is -0.0637. The molecule has 0 radical (unpaired) electrons. The predicted octanol–water partition coefficient (Wildman–Crippen LogP) is 1.96. The van der Waals surface area contributed by atoms with Gasteiger partial charge < -0.3 is 18.9 Å². The number of carbonyl (C=O) groups is 1. The van der Waals surface area contributed by atoms with Crippen LogP contribution >= 0.6 is 0 Å². The number of methoxy groups -OCH3 is 2. The Morgan fingerprint density at radius 3 is 2.32 bits per heavy atom. The van der Waals surface area contributed by atoms with E-state index in [2.05, 4.69) is 10.1 Å². The van der Waals surface area contributed by atoms with E-state index >= 15 is 0 Å². The molecule has 7 nitrogen and oxygen atoms in total. The van der Waals surface area contributed by atoms with E-state index in [9.17, 15) is 4.79 Å². The van der Waals surface area contributed by atoms with Gasteiger partial charge in [-0.1, -0.05) is 11.2 Å². The van der Waals surface area contributed by atoms with Crippen molar-refractivity contribution in [2.45, 2.75) is 13.5 Å². The van der Waals surface area contributed by atoms with Gasteiger partial charge in [-0.15, -0.1) is 0 Å². The Hall–Kier alpha value is -2.54. The molecular weight excluding hydrogens is 322 g/mol. The van der Waals surface area contributed by atoms with Gasteiger partial charge >= 0.3 is 0 Å². The van der Waals surface area contributed by atoms with Gasteiger partial charge in [0, 0.05) is 38.8 Å². The molecule has 0 spiro atoms. The van der Waals surface area contributed by atoms with Crippen LogP contribution in [-0.4, -0.2) is 61.3 Å². The van der Waals surface area contributed by atoms with Crippen molar-refractivity contribution in [1.82, 2.24) is 15.0 Å². The van der Waals surface area contributed by atoms with E-state index in [4.69, 9.17) is 14.0 Å². The lowest BCUT2D eigenvalue weighted by Gasteiger charge is -2.34. The van der Waals surface area contributed by atoms with Crippen LogP contribution in [0.2, 0.25) is 0 Å². The maximum absolute atomic E-state index is 12.9. The summed E-state index contributed by atoms with van der Waals surface area (Å²) >= 11 is 0. The van der Waals surface area contributed by atoms with Crippen LogP contribution < -0.4 is 9.47 Å². The topological polar surface area (TPSA) is 68.0 Å². The summed E-state index contributed by atoms with van der Waals surface area (Å²) in [5, 5.41) is 4.03. The largest absolute Gasteiger partial charge is 0.496 e. The quantitative estimate of drug-likeness (QED) is 0.825. The molecule has 1 aromatic heterocycles. The summed E-state index contributed by atoms with van der Waals surface area (Å²) in [6, 6.07) is 7.31. The number of nitrogens with zero attached hydrogens (tertiary/aromatic N) is 3. The van der Waals surface area contributed by atoms with Gasteiger partial charge in [-0.3, -0.25) is 9.69 Å². The summed E-state index contributed by atoms with van der Waals surface area (Å²) < 4.78 is 15.8. The van der Waals surface area contributed by atoms with Crippen LogP contribution in [0, 0.1) is 6.92 Å². The highest BCUT2D eigenvalue weighted by Gasteiger charge is 2.27. The number of aromatic nitrogens is 1. The molecule has 0 N–H and O–H groups in total. The molecule has 25 heavy (non-hydrogen) atoms. The average Bonchev–Trinajstić information content (AvgIpc) is 3.05. The first-order valence-electron chi connectivity index (χ1n) is 8.27. The number of carbonyl (C=O) groups excluding carboxylic acids is 1. The van der Waals surface area contributed by atoms with Crippen molar-refractivity contribution >= 4 is 5.91 Å². The number of rotatable bonds is 5. The Bertz CT molecular complexity index is 713. The zero-order valence-corrected chi connectivity index (χ0v) is 14.8. The molecule has 1 saturated heterocycles. The number of hydrogen-bond donors (Lipinski definition) is 0. The minimum absolute atomic E-state index is 0.0637. The molecule has 0 unspecified atom stereocenters. The van der Waals surface area contributed by atoms with Gasteiger partial charge in [0.1, 0.15) is 22.8 Å². The fourth-order valence-electron chi connectivity index (χ4n) is 3.05. The highest BCUT2D eigenvalue weighted by atomic mass is 16.5. The van der Waals surface area contributed by atoms with Crippen molar-refractivity contribution < 1.29 is 18.8 Å². The number of hydrogen-bond acceptors (Lipinski definition) is 6. The lowest BCUT2D eigenvalue weighted by molar-refractivity contribution is 0.0619. The maximum atomic E-state index is 12.9. The monoisotopic (exact) mass is 345 g/mol. The minimum Gasteiger partial charge on any atom is -0.496 e. The lowest BCUT2D eigenvalue weighted by Crippen LogP contribution is -2.48. The number of ether oxygens (including phenoxy) is 2. The Morgan fingerprint density at radius 2 is 1.80 bits per heavy atom. The zero-order chi connectivity index (χ0) is 17.8. The van der Waals surface area contributed by atoms with Crippen molar-refractivity contribution in [3.8, 4) is 11.5 Å². The van der Waals surface area contributed by atoms with E-state index in [0.29, 0.717) is 30.2 Å². The van der Waals surface area contributed by atoms with Crippen LogP contribution in [-0.2, 0) is 6.54 Å². The van der Waals surface area contributed by atoms with Gasteiger partial charge in [0.15, 0.2) is 0 Å². The highest BCUT2D eigenvalue weighted by Crippen LogP contribution is 2.29. The van der Waals surface area contributed by atoms with Crippen molar-refractivity contribution in [3.63, 3.8) is 0 Å². The molecule has 134 valence electrons. The van der Waals surface area contributed by atoms with Crippen molar-refractivity contribution in [2.75, 3.05) is 40.4 Å². The zero-order valence-electron chi connectivity index (χ0n) is 14.8. The third kappa shape index (κ3) is 3.76. The summed E-state index contributed by atoms with van der Waals surface area (Å²) in [4.78, 5) is 17.1. The molecule has 0 bridgehead atoms. The Balaban J connectivity index is 1.66. The summed E-state index contributed by atoms with van der Waals surface area (Å²) in [7, 11) is 3.12. The van der Waals surface area contributed by atoms with Crippen molar-refractivity contribution in [3.05, 3.63) is 41.3 Å². The molecular formula is C18H23N3O4. The Kier molecular flexibility index (Phi) is 5.23. The number of amides is 1. The van der Waals surface area contributed by atoms with E-state index in [0.717, 1.165) is 31.1 Å². The van der Waals surface area contributed by atoms with Crippen molar-refractivity contribution in [2.24, 2.45) is 0 Å². The van der Waals surface area contributed by atoms with Gasteiger partial charge in [0.05, 0.1) is 19.9 Å². The van der Waals surface area contributed by atoms with E-state index in [-0.39, 0.29) is 5.91 Å². The first-order chi connectivity index (χ1) is 12.1. The molecule has 3 rings (SSSR count). The van der Waals surface area contributed by atoms with Crippen LogP contribution in [0.5, 0.6) is 11.5 Å². The second kappa shape index (κ2) is 7.57. The molecule has 7 heteroatoms. The van der Waals surface area contributed by atoms with Crippen LogP contribution in [0.1, 0.15) is 21.8 Å². The Labute approximate surface area is 147 Å². The van der Waals surface area contributed by atoms with Gasteiger partial charge in [-0.2, -0.15) is 0 Å². The number of aryl methyl sites for hydroxylation is 1. The number of benzene rings is 1. The summed E-state index contributed by atoms with van der Waals surface area (Å²) in [5.74, 6) is 1.81. The molecule has 0 aliphatic carbocycles. The Morgan fingerprint density at radius 1 is 1.16 bits per heavy atom. The third-order valence-electron chi connectivity index (χ3n) is 4.36. The van der Waals surface area contributed by atoms with Crippen LogP contribution in [0.15, 0.2) is 28.8 Å². The molecule has 1 amide bonds. The number of piperazine rings is 1. The molecule has 2 heterocycles. The van der Waals surface area contributed by atoms with Crippen LogP contribution in [0.4, 0.5) is 0 Å². The van der Waals surface area contributed by atoms with Gasteiger partial charge in [0.25, 0.3) is 5.91 Å². The molecule has 1 fully saturated rings. The first kappa shape index (κ1) is 17.3. The van der Waals surface area contributed by atoms with Gasteiger partial charge in [-0.05, 0) is 19.1 Å². The standard InChI is InChI=1S/C18H23N3O4/c1-13-11-14(19-25-13)12-20-7-9-21(10-8-20)18(22)17-15(23-2)5-4-6-16(17)24-3/h4-6,11H,7-10,12H2,1-3H3. The predicted molar refractivity (Wildman–Crippen MR) is 92.0 cm³/mol. The van der Waals surface area contributed by atoms with Gasteiger partial charge in [-0.25, -0.2) is 0 Å². The first-order valence-corrected chi connectivity index (χ1v) is 8.27. The third-order valence-corrected chi connectivity index (χ3v) is 4.36. The molecule has 0 atom stereocenters. The SMILES string of the molecule is COc1cccc(OC)c1C(=O)N1CCN(Cc2cc(C)on2)CC1. The van der Waals surface area contributed by atoms with E-state index in [1.807, 2.05) is 24.0 Å². The van der Waals surface area contributed by atoms with Crippen LogP contribution in [0.3, 0.4) is 0 Å². The average molecular weight is 345 g/mol. The molecule has 1 aliphatic rings. The second-order valence-corrected chi connectivity index (χ2v) is 6.03. The smallest absolute Gasteiger partial charge is 0.261 e. The van der Waals surface area contributed by atoms with Crippen molar-refractivity contribution in [1.29, 1.82) is 0 Å². The van der Waals surface area contributed by atoms with E-state index in [1.54, 1.807) is 26.4 Å². The lowest BCUT2D eigenvalue weighted by atomic mass is 10.1. The summed E-state index contributed by atoms with van der Waals surface area (Å²) in [6.07, 6.45) is 0. The molecule has 1 aromatic carbocycles. The molecule has 2 aromatic rings. The summed E-state index contributed by atoms with van der Waals surface area (Å²) in [6.45, 7) is 5.49. The second-order valence-electron chi connectivity index (χ2n) is 6.03. The fraction of sp³-hybridized carbons (Fsp3) is 0.444. The maximum Gasteiger partial charge on any atom is 0.261 e. The molecule has 0 saturated carbocycles. The fourth-order valence-corrected chi connectivity index (χ4v) is 3.05. The van der Waals surface area contributed by atoms with E-state index in [1.165, 1.54) is 0 Å².